The molecule has 4 rings (SSSR count). The summed E-state index contributed by atoms with van der Waals surface area (Å²) in [5, 5.41) is 12.9. The summed E-state index contributed by atoms with van der Waals surface area (Å²) in [6.45, 7) is 2.63. The maximum atomic E-state index is 12.3. The van der Waals surface area contributed by atoms with Gasteiger partial charge in [-0.05, 0) is 12.8 Å². The number of β-amino-alcohol motifs (C(OH)–C–C–N with tert-alkyl or cyclic N) is 1. The Morgan fingerprint density at radius 3 is 2.77 bits per heavy atom. The fourth-order valence-electron chi connectivity index (χ4n) is 3.08. The fourth-order valence-corrected chi connectivity index (χ4v) is 4.39. The van der Waals surface area contributed by atoms with E-state index in [1.165, 1.54) is 0 Å². The van der Waals surface area contributed by atoms with Gasteiger partial charge >= 0.3 is 0 Å². The van der Waals surface area contributed by atoms with Gasteiger partial charge in [-0.2, -0.15) is 4.98 Å². The van der Waals surface area contributed by atoms with E-state index in [9.17, 15) is 9.32 Å². The smallest absolute Gasteiger partial charge is 0.227 e. The Morgan fingerprint density at radius 2 is 2.05 bits per heavy atom. The number of aromatic nitrogens is 2. The lowest BCUT2D eigenvalue weighted by Crippen LogP contribution is -2.51. The van der Waals surface area contributed by atoms with Crippen molar-refractivity contribution in [3.63, 3.8) is 0 Å². The van der Waals surface area contributed by atoms with Gasteiger partial charge in [-0.15, -0.1) is 0 Å². The van der Waals surface area contributed by atoms with Crippen LogP contribution in [0.25, 0.3) is 0 Å². The van der Waals surface area contributed by atoms with E-state index in [2.05, 4.69) is 15.3 Å². The Bertz CT molecular complexity index is 600. The largest absolute Gasteiger partial charge is 0.389 e. The summed E-state index contributed by atoms with van der Waals surface area (Å²) in [7, 11) is -1.01. The molecule has 1 unspecified atom stereocenters. The highest BCUT2D eigenvalue weighted by Crippen LogP contribution is 2.32. The number of aryl methyl sites for hydroxylation is 1. The lowest BCUT2D eigenvalue weighted by Gasteiger charge is -2.36. The zero-order chi connectivity index (χ0) is 15.1. The van der Waals surface area contributed by atoms with E-state index in [1.54, 1.807) is 0 Å². The van der Waals surface area contributed by atoms with Crippen LogP contribution in [0.5, 0.6) is 0 Å². The maximum absolute atomic E-state index is 12.3. The molecule has 4 heterocycles. The molecular weight excluding hydrogens is 304 g/mol. The third kappa shape index (κ3) is 2.59. The number of nitrogens with one attached hydrogen (secondary N) is 1. The van der Waals surface area contributed by atoms with E-state index < -0.39 is 10.8 Å². The Kier molecular flexibility index (Phi) is 3.75. The van der Waals surface area contributed by atoms with Crippen LogP contribution in [-0.2, 0) is 22.0 Å². The average Bonchev–Trinajstić information content (AvgIpc) is 2.87. The molecule has 120 valence electrons. The number of ether oxygens (including phenoxy) is 1. The van der Waals surface area contributed by atoms with Gasteiger partial charge < -0.3 is 20.1 Å². The zero-order valence-corrected chi connectivity index (χ0v) is 13.1. The summed E-state index contributed by atoms with van der Waals surface area (Å²) in [6.07, 6.45) is 2.31. The first-order valence-electron chi connectivity index (χ1n) is 7.77. The van der Waals surface area contributed by atoms with Gasteiger partial charge in [0.15, 0.2) is 0 Å². The van der Waals surface area contributed by atoms with Crippen LogP contribution < -0.4 is 10.2 Å². The maximum Gasteiger partial charge on any atom is 0.227 e. The molecule has 7 nitrogen and oxygen atoms in total. The molecule has 1 aromatic rings. The minimum absolute atomic E-state index is 0.294. The molecular formula is C14H20N4O3S. The second-order valence-electron chi connectivity index (χ2n) is 6.04. The first-order chi connectivity index (χ1) is 10.7. The fraction of sp³-hybridized carbons (Fsp3) is 0.714. The van der Waals surface area contributed by atoms with Gasteiger partial charge in [0.1, 0.15) is 10.7 Å². The average molecular weight is 324 g/mol. The number of hydrogen-bond donors (Lipinski definition) is 2. The molecule has 0 bridgehead atoms. The van der Waals surface area contributed by atoms with Crippen molar-refractivity contribution in [1.29, 1.82) is 0 Å². The number of hydrogen-bond acceptors (Lipinski definition) is 7. The lowest BCUT2D eigenvalue weighted by molar-refractivity contribution is 0.0903. The van der Waals surface area contributed by atoms with E-state index in [4.69, 9.17) is 4.74 Å². The molecule has 8 heteroatoms. The second kappa shape index (κ2) is 5.75. The van der Waals surface area contributed by atoms with E-state index in [1.807, 2.05) is 4.90 Å². The first kappa shape index (κ1) is 14.3. The predicted molar refractivity (Wildman–Crippen MR) is 82.7 cm³/mol. The van der Waals surface area contributed by atoms with Crippen molar-refractivity contribution in [2.24, 2.45) is 0 Å². The predicted octanol–water partition coefficient (Wildman–Crippen LogP) is -0.0879. The van der Waals surface area contributed by atoms with Crippen molar-refractivity contribution in [3.05, 3.63) is 5.69 Å². The summed E-state index contributed by atoms with van der Waals surface area (Å²) in [6, 6.07) is 0.306. The van der Waals surface area contributed by atoms with E-state index >= 15 is 0 Å². The number of aliphatic hydroxyl groups excluding tert-OH is 1. The molecule has 2 N–H and O–H groups in total. The van der Waals surface area contributed by atoms with Crippen LogP contribution in [0.15, 0.2) is 4.90 Å². The first-order valence-corrected chi connectivity index (χ1v) is 9.09. The van der Waals surface area contributed by atoms with Crippen molar-refractivity contribution in [2.45, 2.75) is 36.3 Å². The highest BCUT2D eigenvalue weighted by molar-refractivity contribution is 7.85. The number of fused-ring (bicyclic) bond motifs is 1. The van der Waals surface area contributed by atoms with Crippen LogP contribution in [0.3, 0.4) is 0 Å². The van der Waals surface area contributed by atoms with Crippen LogP contribution >= 0.6 is 0 Å². The molecule has 0 spiro atoms. The zero-order valence-electron chi connectivity index (χ0n) is 12.3. The number of aliphatic hydroxyl groups is 1. The summed E-state index contributed by atoms with van der Waals surface area (Å²) < 4.78 is 17.6. The number of anilines is 2. The monoisotopic (exact) mass is 324 g/mol. The van der Waals surface area contributed by atoms with Gasteiger partial charge in [-0.25, -0.2) is 4.98 Å². The SMILES string of the molecule is O=S1CCc2nc(N3CC(O)C3)nc(NC3CCOCC3)c21. The molecule has 22 heavy (non-hydrogen) atoms. The van der Waals surface area contributed by atoms with E-state index in [0.717, 1.165) is 43.1 Å². The highest BCUT2D eigenvalue weighted by atomic mass is 32.2. The van der Waals surface area contributed by atoms with Gasteiger partial charge in [0.05, 0.1) is 22.6 Å². The summed E-state index contributed by atoms with van der Waals surface area (Å²) in [5.41, 5.74) is 0.888. The van der Waals surface area contributed by atoms with Crippen LogP contribution in [-0.4, -0.2) is 63.5 Å². The van der Waals surface area contributed by atoms with Gasteiger partial charge in [-0.1, -0.05) is 0 Å². The molecule has 0 radical (unpaired) electrons. The van der Waals surface area contributed by atoms with Gasteiger partial charge in [0.2, 0.25) is 5.95 Å². The van der Waals surface area contributed by atoms with Crippen molar-refractivity contribution >= 4 is 22.6 Å². The molecule has 1 aromatic heterocycles. The minimum Gasteiger partial charge on any atom is -0.389 e. The van der Waals surface area contributed by atoms with Crippen molar-refractivity contribution in [2.75, 3.05) is 42.3 Å². The van der Waals surface area contributed by atoms with Crippen molar-refractivity contribution in [1.82, 2.24) is 9.97 Å². The Labute approximate surface area is 131 Å². The van der Waals surface area contributed by atoms with Crippen molar-refractivity contribution < 1.29 is 14.1 Å². The molecule has 0 amide bonds. The number of nitrogens with zero attached hydrogens (tertiary/aromatic N) is 3. The van der Waals surface area contributed by atoms with E-state index in [-0.39, 0.29) is 6.10 Å². The minimum atomic E-state index is -1.01. The Hall–Kier alpha value is -1.25. The van der Waals surface area contributed by atoms with Crippen LogP contribution in [0.1, 0.15) is 18.5 Å². The Balaban J connectivity index is 1.63. The van der Waals surface area contributed by atoms with Gasteiger partial charge in [-0.3, -0.25) is 4.21 Å². The highest BCUT2D eigenvalue weighted by Gasteiger charge is 2.32. The van der Waals surface area contributed by atoms with Crippen LogP contribution in [0.4, 0.5) is 11.8 Å². The molecule has 1 atom stereocenters. The summed E-state index contributed by atoms with van der Waals surface area (Å²) in [4.78, 5) is 11.9. The van der Waals surface area contributed by atoms with Gasteiger partial charge in [0, 0.05) is 44.5 Å². The molecule has 3 aliphatic rings. The van der Waals surface area contributed by atoms with Crippen LogP contribution in [0, 0.1) is 0 Å². The molecule has 2 saturated heterocycles. The number of rotatable bonds is 3. The molecule has 3 aliphatic heterocycles. The normalized spacial score (nSPS) is 25.9. The van der Waals surface area contributed by atoms with Crippen molar-refractivity contribution in [3.8, 4) is 0 Å². The molecule has 0 saturated carbocycles. The Morgan fingerprint density at radius 1 is 1.27 bits per heavy atom. The molecule has 0 aliphatic carbocycles. The van der Waals surface area contributed by atoms with Gasteiger partial charge in [0.25, 0.3) is 0 Å². The standard InChI is InChI=1S/C14H20N4O3S/c19-10-7-18(8-10)14-16-11-3-6-22(20)12(11)13(17-14)15-9-1-4-21-5-2-9/h9-10,19H,1-8H2,(H,15,16,17). The summed E-state index contributed by atoms with van der Waals surface area (Å²) in [5.74, 6) is 1.97. The second-order valence-corrected chi connectivity index (χ2v) is 7.55. The molecule has 2 fully saturated rings. The molecule has 0 aromatic carbocycles. The summed E-state index contributed by atoms with van der Waals surface area (Å²) >= 11 is 0. The topological polar surface area (TPSA) is 87.6 Å². The third-order valence-corrected chi connectivity index (χ3v) is 5.84. The van der Waals surface area contributed by atoms with Crippen LogP contribution in [0.2, 0.25) is 0 Å². The third-order valence-electron chi connectivity index (χ3n) is 4.38. The van der Waals surface area contributed by atoms with E-state index in [0.29, 0.717) is 36.7 Å². The quantitative estimate of drug-likeness (QED) is 0.803. The lowest BCUT2D eigenvalue weighted by atomic mass is 10.1.